The monoisotopic (exact) mass is 394 g/mol. The van der Waals surface area contributed by atoms with Crippen molar-refractivity contribution in [1.82, 2.24) is 19.9 Å². The minimum atomic E-state index is 0.260. The summed E-state index contributed by atoms with van der Waals surface area (Å²) in [5.74, 6) is 0.260. The molecule has 2 aromatic carbocycles. The van der Waals surface area contributed by atoms with Crippen LogP contribution in [-0.2, 0) is 6.54 Å². The molecular formula is C21H16Cl2N4. The second-order valence-electron chi connectivity index (χ2n) is 6.75. The molecule has 1 atom stereocenters. The predicted molar refractivity (Wildman–Crippen MR) is 108 cm³/mol. The molecule has 1 aliphatic heterocycles. The van der Waals surface area contributed by atoms with E-state index < -0.39 is 0 Å². The van der Waals surface area contributed by atoms with Gasteiger partial charge in [-0.1, -0.05) is 41.4 Å². The van der Waals surface area contributed by atoms with Crippen LogP contribution in [0.15, 0.2) is 61.1 Å². The van der Waals surface area contributed by atoms with Crippen molar-refractivity contribution in [2.24, 2.45) is 0 Å². The zero-order chi connectivity index (χ0) is 18.4. The highest BCUT2D eigenvalue weighted by atomic mass is 35.5. The molecule has 0 bridgehead atoms. The topological polar surface area (TPSA) is 42.2 Å². The van der Waals surface area contributed by atoms with Crippen LogP contribution in [0.1, 0.15) is 22.6 Å². The smallest absolute Gasteiger partial charge is 0.155 e. The highest BCUT2D eigenvalue weighted by Gasteiger charge is 2.22. The third kappa shape index (κ3) is 3.00. The molecule has 0 fully saturated rings. The Morgan fingerprint density at radius 3 is 2.74 bits per heavy atom. The number of benzene rings is 2. The minimum Gasteiger partial charge on any atom is -0.312 e. The average Bonchev–Trinajstić information content (AvgIpc) is 3.17. The van der Waals surface area contributed by atoms with Crippen LogP contribution in [0.3, 0.4) is 0 Å². The Bertz CT molecular complexity index is 1150. The average molecular weight is 395 g/mol. The second-order valence-corrected chi connectivity index (χ2v) is 7.57. The molecule has 0 amide bonds. The third-order valence-electron chi connectivity index (χ3n) is 5.14. The van der Waals surface area contributed by atoms with Crippen LogP contribution in [0.25, 0.3) is 16.8 Å². The number of hydrogen-bond acceptors (Lipinski definition) is 3. The molecule has 5 rings (SSSR count). The van der Waals surface area contributed by atoms with Crippen LogP contribution in [-0.4, -0.2) is 21.1 Å². The summed E-state index contributed by atoms with van der Waals surface area (Å²) < 4.78 is 1.80. The molecule has 2 aromatic heterocycles. The van der Waals surface area contributed by atoms with Crippen molar-refractivity contribution in [1.29, 1.82) is 0 Å². The van der Waals surface area contributed by atoms with E-state index in [9.17, 15) is 0 Å². The third-order valence-corrected chi connectivity index (χ3v) is 5.87. The van der Waals surface area contributed by atoms with Crippen molar-refractivity contribution in [3.05, 3.63) is 87.8 Å². The van der Waals surface area contributed by atoms with Crippen LogP contribution in [0, 0.1) is 0 Å². The summed E-state index contributed by atoms with van der Waals surface area (Å²) in [4.78, 5) is 4.20. The largest absolute Gasteiger partial charge is 0.312 e. The summed E-state index contributed by atoms with van der Waals surface area (Å²) in [5, 5.41) is 8.94. The van der Waals surface area contributed by atoms with Gasteiger partial charge in [0.05, 0.1) is 10.0 Å². The van der Waals surface area contributed by atoms with Gasteiger partial charge in [-0.3, -0.25) is 0 Å². The maximum absolute atomic E-state index is 6.24. The Morgan fingerprint density at radius 1 is 0.963 bits per heavy atom. The minimum absolute atomic E-state index is 0.260. The maximum atomic E-state index is 6.24. The normalized spacial score (nSPS) is 16.4. The molecule has 6 heteroatoms. The first-order chi connectivity index (χ1) is 13.2. The number of halogens is 2. The Hall–Kier alpha value is -2.40. The van der Waals surface area contributed by atoms with Gasteiger partial charge in [-0.15, -0.1) is 0 Å². The van der Waals surface area contributed by atoms with E-state index in [4.69, 9.17) is 23.2 Å². The number of hydrogen-bond donors (Lipinski definition) is 1. The first-order valence-electron chi connectivity index (χ1n) is 8.77. The standard InChI is InChI=1S/C21H16Cl2N4/c22-19-5-2-14(8-20(19)23)18-10-24-9-16-7-13(1-4-17(16)18)15-3-6-21-25-12-26-27(21)11-15/h1-8,11-12,18,24H,9-10H2/t18-/m0/s1. The van der Waals surface area contributed by atoms with Gasteiger partial charge < -0.3 is 5.32 Å². The van der Waals surface area contributed by atoms with Gasteiger partial charge in [0.25, 0.3) is 0 Å². The first kappa shape index (κ1) is 16.8. The molecule has 1 N–H and O–H groups in total. The fourth-order valence-electron chi connectivity index (χ4n) is 3.75. The molecule has 1 aliphatic rings. The number of nitrogens with zero attached hydrogens (tertiary/aromatic N) is 3. The fourth-order valence-corrected chi connectivity index (χ4v) is 4.06. The second kappa shape index (κ2) is 6.64. The van der Waals surface area contributed by atoms with Gasteiger partial charge >= 0.3 is 0 Å². The lowest BCUT2D eigenvalue weighted by atomic mass is 9.84. The van der Waals surface area contributed by atoms with E-state index in [2.05, 4.69) is 45.7 Å². The summed E-state index contributed by atoms with van der Waals surface area (Å²) in [6.07, 6.45) is 3.58. The van der Waals surface area contributed by atoms with E-state index in [0.717, 1.165) is 24.3 Å². The quantitative estimate of drug-likeness (QED) is 0.523. The molecule has 27 heavy (non-hydrogen) atoms. The number of rotatable bonds is 2. The van der Waals surface area contributed by atoms with Gasteiger partial charge in [0.15, 0.2) is 5.65 Å². The highest BCUT2D eigenvalue weighted by Crippen LogP contribution is 2.35. The van der Waals surface area contributed by atoms with Gasteiger partial charge in [0.1, 0.15) is 6.33 Å². The van der Waals surface area contributed by atoms with Crippen molar-refractivity contribution < 1.29 is 0 Å². The van der Waals surface area contributed by atoms with Crippen LogP contribution in [0.2, 0.25) is 10.0 Å². The van der Waals surface area contributed by atoms with Gasteiger partial charge in [-0.05, 0) is 52.6 Å². The Morgan fingerprint density at radius 2 is 1.85 bits per heavy atom. The van der Waals surface area contributed by atoms with E-state index in [1.807, 2.05) is 24.4 Å². The first-order valence-corrected chi connectivity index (χ1v) is 9.53. The Labute approximate surface area is 166 Å². The Kier molecular flexibility index (Phi) is 4.12. The van der Waals surface area contributed by atoms with E-state index in [-0.39, 0.29) is 5.92 Å². The van der Waals surface area contributed by atoms with Crippen LogP contribution >= 0.6 is 23.2 Å². The molecule has 0 saturated carbocycles. The molecule has 0 spiro atoms. The summed E-state index contributed by atoms with van der Waals surface area (Å²) in [6, 6.07) is 16.6. The van der Waals surface area contributed by atoms with Crippen molar-refractivity contribution in [3.8, 4) is 11.1 Å². The van der Waals surface area contributed by atoms with Crippen LogP contribution in [0.4, 0.5) is 0 Å². The Balaban J connectivity index is 1.55. The molecule has 0 radical (unpaired) electrons. The van der Waals surface area contributed by atoms with Crippen molar-refractivity contribution >= 4 is 28.8 Å². The van der Waals surface area contributed by atoms with E-state index in [1.165, 1.54) is 22.3 Å². The molecule has 0 unspecified atom stereocenters. The highest BCUT2D eigenvalue weighted by molar-refractivity contribution is 6.42. The summed E-state index contributed by atoms with van der Waals surface area (Å²) in [6.45, 7) is 1.74. The van der Waals surface area contributed by atoms with Crippen LogP contribution < -0.4 is 5.32 Å². The van der Waals surface area contributed by atoms with E-state index in [0.29, 0.717) is 10.0 Å². The van der Waals surface area contributed by atoms with Gasteiger partial charge in [0, 0.05) is 30.8 Å². The lowest BCUT2D eigenvalue weighted by molar-refractivity contribution is 0.591. The fraction of sp³-hybridized carbons (Fsp3) is 0.143. The predicted octanol–water partition coefficient (Wildman–Crippen LogP) is 4.94. The molecule has 4 aromatic rings. The van der Waals surface area contributed by atoms with Gasteiger partial charge in [-0.25, -0.2) is 9.50 Å². The lowest BCUT2D eigenvalue weighted by Crippen LogP contribution is -2.28. The summed E-state index contributed by atoms with van der Waals surface area (Å²) in [5.41, 5.74) is 6.94. The summed E-state index contributed by atoms with van der Waals surface area (Å²) in [7, 11) is 0. The van der Waals surface area contributed by atoms with Gasteiger partial charge in [-0.2, -0.15) is 5.10 Å². The summed E-state index contributed by atoms with van der Waals surface area (Å²) >= 11 is 12.3. The number of pyridine rings is 1. The zero-order valence-corrected chi connectivity index (χ0v) is 15.9. The van der Waals surface area contributed by atoms with E-state index >= 15 is 0 Å². The van der Waals surface area contributed by atoms with Gasteiger partial charge in [0.2, 0.25) is 0 Å². The molecular weight excluding hydrogens is 379 g/mol. The number of aromatic nitrogens is 3. The maximum Gasteiger partial charge on any atom is 0.155 e. The molecule has 3 heterocycles. The SMILES string of the molecule is Clc1ccc([C@@H]2CNCc3cc(-c4ccc5ncnn5c4)ccc32)cc1Cl. The van der Waals surface area contributed by atoms with Crippen LogP contribution in [0.5, 0.6) is 0 Å². The molecule has 0 aliphatic carbocycles. The zero-order valence-electron chi connectivity index (χ0n) is 14.4. The van der Waals surface area contributed by atoms with Crippen molar-refractivity contribution in [2.75, 3.05) is 6.54 Å². The number of nitrogens with one attached hydrogen (secondary N) is 1. The lowest BCUT2D eigenvalue weighted by Gasteiger charge is -2.27. The molecule has 134 valence electrons. The number of fused-ring (bicyclic) bond motifs is 2. The molecule has 0 saturated heterocycles. The van der Waals surface area contributed by atoms with E-state index in [1.54, 1.807) is 10.8 Å². The van der Waals surface area contributed by atoms with Crippen molar-refractivity contribution in [3.63, 3.8) is 0 Å². The van der Waals surface area contributed by atoms with Crippen molar-refractivity contribution in [2.45, 2.75) is 12.5 Å². The molecule has 4 nitrogen and oxygen atoms in total.